The fraction of sp³-hybridized carbons (Fsp3) is 0.600. The molecule has 1 aromatic heterocycles. The molecular formula is C10H13F2NO2S2. The molecule has 0 aromatic carbocycles. The Hall–Kier alpha value is -0.530. The number of sulfonamides is 1. The van der Waals surface area contributed by atoms with Gasteiger partial charge in [0.25, 0.3) is 0 Å². The van der Waals surface area contributed by atoms with E-state index in [4.69, 9.17) is 0 Å². The Morgan fingerprint density at radius 3 is 2.59 bits per heavy atom. The van der Waals surface area contributed by atoms with Crippen molar-refractivity contribution in [3.05, 3.63) is 17.0 Å². The molecule has 7 heteroatoms. The monoisotopic (exact) mass is 281 g/mol. The van der Waals surface area contributed by atoms with E-state index in [2.05, 4.69) is 4.72 Å². The summed E-state index contributed by atoms with van der Waals surface area (Å²) in [5.74, 6) is -2.85. The zero-order valence-corrected chi connectivity index (χ0v) is 10.9. The van der Waals surface area contributed by atoms with E-state index in [1.165, 1.54) is 17.4 Å². The first-order chi connectivity index (χ1) is 7.78. The Labute approximate surface area is 103 Å². The topological polar surface area (TPSA) is 46.2 Å². The van der Waals surface area contributed by atoms with Gasteiger partial charge in [0.05, 0.1) is 0 Å². The molecule has 0 bridgehead atoms. The molecular weight excluding hydrogens is 268 g/mol. The second-order valence-corrected chi connectivity index (χ2v) is 7.63. The van der Waals surface area contributed by atoms with Gasteiger partial charge in [0.15, 0.2) is 0 Å². The highest BCUT2D eigenvalue weighted by atomic mass is 32.2. The highest BCUT2D eigenvalue weighted by Crippen LogP contribution is 2.42. The van der Waals surface area contributed by atoms with Crippen molar-refractivity contribution in [3.8, 4) is 0 Å². The molecule has 3 nitrogen and oxygen atoms in total. The SMILES string of the molecule is Cc1ccc(S(=O)(=O)NCC2CC(F)(F)C2)s1. The zero-order chi connectivity index (χ0) is 12.7. The van der Waals surface area contributed by atoms with E-state index in [0.717, 1.165) is 4.88 Å². The van der Waals surface area contributed by atoms with Gasteiger partial charge in [-0.1, -0.05) is 0 Å². The first kappa shape index (κ1) is 12.9. The summed E-state index contributed by atoms with van der Waals surface area (Å²) in [6, 6.07) is 3.24. The third-order valence-corrected chi connectivity index (χ3v) is 5.63. The van der Waals surface area contributed by atoms with Crippen LogP contribution in [0.5, 0.6) is 0 Å². The maximum Gasteiger partial charge on any atom is 0.250 e. The Balaban J connectivity index is 1.91. The molecule has 1 aliphatic carbocycles. The molecule has 0 saturated heterocycles. The molecule has 2 rings (SSSR count). The molecule has 0 amide bonds. The van der Waals surface area contributed by atoms with Gasteiger partial charge in [0, 0.05) is 24.3 Å². The van der Waals surface area contributed by atoms with E-state index in [9.17, 15) is 17.2 Å². The standard InChI is InChI=1S/C10H13F2NO2S2/c1-7-2-3-9(16-7)17(14,15)13-6-8-4-10(11,12)5-8/h2-3,8,13H,4-6H2,1H3. The fourth-order valence-corrected chi connectivity index (χ4v) is 4.23. The van der Waals surface area contributed by atoms with Crippen LogP contribution >= 0.6 is 11.3 Å². The van der Waals surface area contributed by atoms with Gasteiger partial charge in [-0.3, -0.25) is 0 Å². The van der Waals surface area contributed by atoms with Crippen LogP contribution in [0.25, 0.3) is 0 Å². The summed E-state index contributed by atoms with van der Waals surface area (Å²) in [4.78, 5) is 0.903. The summed E-state index contributed by atoms with van der Waals surface area (Å²) >= 11 is 1.17. The van der Waals surface area contributed by atoms with Crippen LogP contribution in [0, 0.1) is 12.8 Å². The quantitative estimate of drug-likeness (QED) is 0.921. The van der Waals surface area contributed by atoms with Crippen LogP contribution in [0.2, 0.25) is 0 Å². The minimum absolute atomic E-state index is 0.0921. The highest BCUT2D eigenvalue weighted by molar-refractivity contribution is 7.91. The summed E-state index contributed by atoms with van der Waals surface area (Å²) in [5, 5.41) is 0. The van der Waals surface area contributed by atoms with Crippen molar-refractivity contribution in [2.24, 2.45) is 5.92 Å². The number of aryl methyl sites for hydroxylation is 1. The van der Waals surface area contributed by atoms with Crippen molar-refractivity contribution in [1.82, 2.24) is 4.72 Å². The van der Waals surface area contributed by atoms with Gasteiger partial charge >= 0.3 is 0 Å². The summed E-state index contributed by atoms with van der Waals surface area (Å²) in [5.41, 5.74) is 0. The number of halogens is 2. The van der Waals surface area contributed by atoms with Crippen LogP contribution in [-0.4, -0.2) is 20.9 Å². The van der Waals surface area contributed by atoms with Crippen molar-refractivity contribution in [2.45, 2.75) is 29.9 Å². The van der Waals surface area contributed by atoms with Crippen LogP contribution < -0.4 is 4.72 Å². The highest BCUT2D eigenvalue weighted by Gasteiger charge is 2.45. The first-order valence-electron chi connectivity index (χ1n) is 5.22. The lowest BCUT2D eigenvalue weighted by molar-refractivity contribution is -0.108. The van der Waals surface area contributed by atoms with Crippen molar-refractivity contribution in [2.75, 3.05) is 6.54 Å². The van der Waals surface area contributed by atoms with Crippen molar-refractivity contribution in [1.29, 1.82) is 0 Å². The molecule has 0 unspecified atom stereocenters. The number of hydrogen-bond acceptors (Lipinski definition) is 3. The van der Waals surface area contributed by atoms with Gasteiger partial charge in [-0.15, -0.1) is 11.3 Å². The van der Waals surface area contributed by atoms with Gasteiger partial charge in [-0.25, -0.2) is 21.9 Å². The molecule has 96 valence electrons. The van der Waals surface area contributed by atoms with Crippen LogP contribution in [0.3, 0.4) is 0 Å². The lowest BCUT2D eigenvalue weighted by atomic mass is 9.82. The molecule has 17 heavy (non-hydrogen) atoms. The average molecular weight is 281 g/mol. The Bertz CT molecular complexity index is 502. The Morgan fingerprint density at radius 1 is 1.47 bits per heavy atom. The van der Waals surface area contributed by atoms with Crippen molar-refractivity contribution < 1.29 is 17.2 Å². The summed E-state index contributed by atoms with van der Waals surface area (Å²) < 4.78 is 51.3. The predicted octanol–water partition coefficient (Wildman–Crippen LogP) is 2.38. The Morgan fingerprint density at radius 2 is 2.12 bits per heavy atom. The zero-order valence-electron chi connectivity index (χ0n) is 9.24. The van der Waals surface area contributed by atoms with Crippen LogP contribution in [0.4, 0.5) is 8.78 Å². The Kier molecular flexibility index (Phi) is 3.26. The molecule has 0 aliphatic heterocycles. The molecule has 1 fully saturated rings. The minimum Gasteiger partial charge on any atom is -0.210 e. The van der Waals surface area contributed by atoms with Gasteiger partial charge in [-0.05, 0) is 25.0 Å². The summed E-state index contributed by atoms with van der Waals surface area (Å²) in [6.07, 6.45) is -0.446. The summed E-state index contributed by atoms with van der Waals surface area (Å²) in [7, 11) is -3.52. The van der Waals surface area contributed by atoms with Gasteiger partial charge < -0.3 is 0 Å². The van der Waals surface area contributed by atoms with Crippen LogP contribution in [0.1, 0.15) is 17.7 Å². The third kappa shape index (κ3) is 3.02. The second kappa shape index (κ2) is 4.29. The third-order valence-electron chi connectivity index (χ3n) is 2.72. The number of alkyl halides is 2. The summed E-state index contributed by atoms with van der Waals surface area (Å²) in [6.45, 7) is 1.91. The van der Waals surface area contributed by atoms with E-state index in [0.29, 0.717) is 0 Å². The molecule has 1 heterocycles. The minimum atomic E-state index is -3.52. The average Bonchev–Trinajstić information content (AvgIpc) is 2.59. The number of rotatable bonds is 4. The normalized spacial score (nSPS) is 20.2. The first-order valence-corrected chi connectivity index (χ1v) is 7.52. The molecule has 0 spiro atoms. The van der Waals surface area contributed by atoms with E-state index in [-0.39, 0.29) is 29.5 Å². The van der Waals surface area contributed by atoms with Crippen LogP contribution in [-0.2, 0) is 10.0 Å². The van der Waals surface area contributed by atoms with E-state index in [1.807, 2.05) is 6.92 Å². The van der Waals surface area contributed by atoms with Crippen LogP contribution in [0.15, 0.2) is 16.3 Å². The molecule has 1 saturated carbocycles. The molecule has 1 aliphatic rings. The van der Waals surface area contributed by atoms with Gasteiger partial charge in [0.2, 0.25) is 15.9 Å². The number of thiophene rings is 1. The van der Waals surface area contributed by atoms with Crippen molar-refractivity contribution in [3.63, 3.8) is 0 Å². The second-order valence-electron chi connectivity index (χ2n) is 4.35. The molecule has 0 atom stereocenters. The van der Waals surface area contributed by atoms with E-state index < -0.39 is 15.9 Å². The number of nitrogens with one attached hydrogen (secondary N) is 1. The lowest BCUT2D eigenvalue weighted by Crippen LogP contribution is -2.42. The van der Waals surface area contributed by atoms with Gasteiger partial charge in [0.1, 0.15) is 4.21 Å². The lowest BCUT2D eigenvalue weighted by Gasteiger charge is -2.34. The fourth-order valence-electron chi connectivity index (χ4n) is 1.78. The predicted molar refractivity (Wildman–Crippen MR) is 61.9 cm³/mol. The maximum absolute atomic E-state index is 12.6. The van der Waals surface area contributed by atoms with E-state index >= 15 is 0 Å². The maximum atomic E-state index is 12.6. The number of hydrogen-bond donors (Lipinski definition) is 1. The van der Waals surface area contributed by atoms with Gasteiger partial charge in [-0.2, -0.15) is 0 Å². The molecule has 0 radical (unpaired) electrons. The van der Waals surface area contributed by atoms with E-state index in [1.54, 1.807) is 6.07 Å². The molecule has 1 aromatic rings. The smallest absolute Gasteiger partial charge is 0.210 e. The molecule has 1 N–H and O–H groups in total. The largest absolute Gasteiger partial charge is 0.250 e. The van der Waals surface area contributed by atoms with Crippen molar-refractivity contribution >= 4 is 21.4 Å².